The molecular weight excluding hydrogens is 319 g/mol. The Bertz CT molecular complexity index is 973. The van der Waals surface area contributed by atoms with Crippen molar-refractivity contribution in [1.82, 2.24) is 15.0 Å². The van der Waals surface area contributed by atoms with Crippen LogP contribution in [0.1, 0.15) is 34.0 Å². The Balaban J connectivity index is 1.78. The third-order valence-corrected chi connectivity index (χ3v) is 4.45. The Morgan fingerprint density at radius 1 is 1.00 bits per heavy atom. The van der Waals surface area contributed by atoms with Crippen molar-refractivity contribution in [2.45, 2.75) is 18.8 Å². The fourth-order valence-electron chi connectivity index (χ4n) is 3.32. The summed E-state index contributed by atoms with van der Waals surface area (Å²) in [6, 6.07) is 12.3. The molecule has 5 nitrogen and oxygen atoms in total. The summed E-state index contributed by atoms with van der Waals surface area (Å²) >= 11 is 0. The average Bonchev–Trinajstić information content (AvgIpc) is 2.61. The second-order valence-corrected chi connectivity index (χ2v) is 6.05. The maximum absolute atomic E-state index is 13.5. The van der Waals surface area contributed by atoms with Crippen LogP contribution < -0.4 is 5.73 Å². The summed E-state index contributed by atoms with van der Waals surface area (Å²) in [7, 11) is 0. The number of carbonyl (C=O) groups excluding carboxylic acids is 1. The molecule has 0 bridgehead atoms. The molecule has 0 fully saturated rings. The second kappa shape index (κ2) is 6.05. The van der Waals surface area contributed by atoms with Crippen molar-refractivity contribution in [2.24, 2.45) is 0 Å². The van der Waals surface area contributed by atoms with Gasteiger partial charge in [0.15, 0.2) is 5.78 Å². The van der Waals surface area contributed by atoms with E-state index in [0.29, 0.717) is 29.8 Å². The number of ketones is 1. The highest BCUT2D eigenvalue weighted by Gasteiger charge is 2.29. The molecule has 2 aromatic heterocycles. The Labute approximate surface area is 143 Å². The van der Waals surface area contributed by atoms with Gasteiger partial charge in [0, 0.05) is 18.2 Å². The van der Waals surface area contributed by atoms with Crippen LogP contribution in [-0.4, -0.2) is 20.7 Å². The highest BCUT2D eigenvalue weighted by atomic mass is 19.1. The summed E-state index contributed by atoms with van der Waals surface area (Å²) in [5.74, 6) is -0.436. The van der Waals surface area contributed by atoms with Crippen LogP contribution in [0.5, 0.6) is 0 Å². The zero-order valence-corrected chi connectivity index (χ0v) is 13.3. The Hall–Kier alpha value is -3.15. The monoisotopic (exact) mass is 334 g/mol. The molecule has 0 spiro atoms. The van der Waals surface area contributed by atoms with Crippen molar-refractivity contribution in [3.8, 4) is 11.3 Å². The number of anilines is 1. The van der Waals surface area contributed by atoms with E-state index in [1.165, 1.54) is 12.3 Å². The standard InChI is InChI=1S/C19H15FN4O/c20-18-7-3-6-15(23-18)13-5-2-1-4-12(13)11-8-16-14(17(25)9-11)10-22-19(21)24-16/h1-7,10-11H,8-9H2,(H2,21,22,24). The van der Waals surface area contributed by atoms with Gasteiger partial charge in [0.1, 0.15) is 0 Å². The number of halogens is 1. The second-order valence-electron chi connectivity index (χ2n) is 6.05. The molecule has 0 saturated carbocycles. The lowest BCUT2D eigenvalue weighted by atomic mass is 9.80. The van der Waals surface area contributed by atoms with Crippen molar-refractivity contribution in [3.63, 3.8) is 0 Å². The first-order valence-corrected chi connectivity index (χ1v) is 7.98. The smallest absolute Gasteiger partial charge is 0.220 e. The lowest BCUT2D eigenvalue weighted by Gasteiger charge is -2.24. The molecular formula is C19H15FN4O. The van der Waals surface area contributed by atoms with Gasteiger partial charge in [0.2, 0.25) is 11.9 Å². The summed E-state index contributed by atoms with van der Waals surface area (Å²) in [6.45, 7) is 0. The highest BCUT2D eigenvalue weighted by molar-refractivity contribution is 5.98. The van der Waals surface area contributed by atoms with E-state index in [2.05, 4.69) is 15.0 Å². The van der Waals surface area contributed by atoms with Crippen molar-refractivity contribution < 1.29 is 9.18 Å². The van der Waals surface area contributed by atoms with E-state index in [4.69, 9.17) is 5.73 Å². The van der Waals surface area contributed by atoms with Gasteiger partial charge in [0.05, 0.1) is 17.0 Å². The van der Waals surface area contributed by atoms with Crippen LogP contribution in [0, 0.1) is 5.95 Å². The largest absolute Gasteiger partial charge is 0.368 e. The van der Waals surface area contributed by atoms with Crippen LogP contribution in [0.3, 0.4) is 0 Å². The topological polar surface area (TPSA) is 81.8 Å². The Kier molecular flexibility index (Phi) is 3.72. The summed E-state index contributed by atoms with van der Waals surface area (Å²) in [6.07, 6.45) is 2.43. The number of hydrogen-bond acceptors (Lipinski definition) is 5. The minimum Gasteiger partial charge on any atom is -0.368 e. The van der Waals surface area contributed by atoms with E-state index < -0.39 is 5.95 Å². The predicted molar refractivity (Wildman–Crippen MR) is 91.5 cm³/mol. The minimum absolute atomic E-state index is 0.00625. The molecule has 0 radical (unpaired) electrons. The van der Waals surface area contributed by atoms with Crippen LogP contribution in [0.15, 0.2) is 48.7 Å². The zero-order valence-electron chi connectivity index (χ0n) is 13.3. The molecule has 25 heavy (non-hydrogen) atoms. The van der Waals surface area contributed by atoms with Crippen LogP contribution in [0.2, 0.25) is 0 Å². The predicted octanol–water partition coefficient (Wildman–Crippen LogP) is 3.17. The Morgan fingerprint density at radius 3 is 2.68 bits per heavy atom. The fourth-order valence-corrected chi connectivity index (χ4v) is 3.32. The van der Waals surface area contributed by atoms with Crippen LogP contribution in [0.4, 0.5) is 10.3 Å². The molecule has 0 amide bonds. The number of nitrogens with zero attached hydrogens (tertiary/aromatic N) is 3. The summed E-state index contributed by atoms with van der Waals surface area (Å²) in [4.78, 5) is 24.6. The third kappa shape index (κ3) is 2.87. The first-order valence-electron chi connectivity index (χ1n) is 7.98. The Morgan fingerprint density at radius 2 is 1.84 bits per heavy atom. The number of hydrogen-bond donors (Lipinski definition) is 1. The molecule has 1 atom stereocenters. The summed E-state index contributed by atoms with van der Waals surface area (Å²) in [5.41, 5.74) is 9.19. The molecule has 1 aliphatic carbocycles. The number of carbonyl (C=O) groups is 1. The first kappa shape index (κ1) is 15.4. The number of rotatable bonds is 2. The van der Waals surface area contributed by atoms with Gasteiger partial charge in [-0.3, -0.25) is 4.79 Å². The molecule has 1 unspecified atom stereocenters. The van der Waals surface area contributed by atoms with Crippen molar-refractivity contribution in [3.05, 3.63) is 71.4 Å². The molecule has 2 heterocycles. The zero-order chi connectivity index (χ0) is 17.4. The van der Waals surface area contributed by atoms with Gasteiger partial charge in [-0.25, -0.2) is 15.0 Å². The van der Waals surface area contributed by atoms with E-state index in [9.17, 15) is 9.18 Å². The van der Waals surface area contributed by atoms with Gasteiger partial charge in [-0.2, -0.15) is 4.39 Å². The lowest BCUT2D eigenvalue weighted by Crippen LogP contribution is -2.21. The van der Waals surface area contributed by atoms with Gasteiger partial charge in [-0.15, -0.1) is 0 Å². The number of Topliss-reactive ketones (excluding diaryl/α,β-unsaturated/α-hetero) is 1. The molecule has 0 saturated heterocycles. The van der Waals surface area contributed by atoms with E-state index in [1.807, 2.05) is 24.3 Å². The maximum atomic E-state index is 13.5. The molecule has 124 valence electrons. The minimum atomic E-state index is -0.530. The van der Waals surface area contributed by atoms with E-state index in [1.54, 1.807) is 12.1 Å². The van der Waals surface area contributed by atoms with Crippen molar-refractivity contribution >= 4 is 11.7 Å². The molecule has 1 aromatic carbocycles. The van der Waals surface area contributed by atoms with E-state index in [0.717, 1.165) is 11.1 Å². The van der Waals surface area contributed by atoms with Gasteiger partial charge >= 0.3 is 0 Å². The maximum Gasteiger partial charge on any atom is 0.220 e. The van der Waals surface area contributed by atoms with Gasteiger partial charge in [0.25, 0.3) is 0 Å². The summed E-state index contributed by atoms with van der Waals surface area (Å²) in [5, 5.41) is 0. The quantitative estimate of drug-likeness (QED) is 0.728. The molecule has 3 aromatic rings. The molecule has 0 aliphatic heterocycles. The number of benzene rings is 1. The fraction of sp³-hybridized carbons (Fsp3) is 0.158. The third-order valence-electron chi connectivity index (χ3n) is 4.45. The van der Waals surface area contributed by atoms with Gasteiger partial charge in [-0.05, 0) is 30.0 Å². The van der Waals surface area contributed by atoms with E-state index in [-0.39, 0.29) is 17.6 Å². The number of aromatic nitrogens is 3. The van der Waals surface area contributed by atoms with Gasteiger partial charge in [-0.1, -0.05) is 30.3 Å². The molecule has 4 rings (SSSR count). The molecule has 6 heteroatoms. The van der Waals surface area contributed by atoms with Crippen LogP contribution in [-0.2, 0) is 6.42 Å². The SMILES string of the molecule is Nc1ncc2c(n1)CC(c1ccccc1-c1cccc(F)n1)CC2=O. The summed E-state index contributed by atoms with van der Waals surface area (Å²) < 4.78 is 13.5. The normalized spacial score (nSPS) is 16.5. The lowest BCUT2D eigenvalue weighted by molar-refractivity contribution is 0.0963. The molecule has 1 aliphatic rings. The van der Waals surface area contributed by atoms with Gasteiger partial charge < -0.3 is 5.73 Å². The van der Waals surface area contributed by atoms with E-state index >= 15 is 0 Å². The highest BCUT2D eigenvalue weighted by Crippen LogP contribution is 2.36. The number of nitrogen functional groups attached to an aromatic ring is 1. The van der Waals surface area contributed by atoms with Crippen LogP contribution >= 0.6 is 0 Å². The van der Waals surface area contributed by atoms with Crippen molar-refractivity contribution in [1.29, 1.82) is 0 Å². The number of pyridine rings is 1. The van der Waals surface area contributed by atoms with Crippen molar-refractivity contribution in [2.75, 3.05) is 5.73 Å². The molecule has 2 N–H and O–H groups in total. The first-order chi connectivity index (χ1) is 12.1. The van der Waals surface area contributed by atoms with Crippen LogP contribution in [0.25, 0.3) is 11.3 Å². The number of nitrogens with two attached hydrogens (primary N) is 1. The average molecular weight is 334 g/mol. The number of fused-ring (bicyclic) bond motifs is 1.